The van der Waals surface area contributed by atoms with Gasteiger partial charge in [-0.25, -0.2) is 0 Å². The van der Waals surface area contributed by atoms with Crippen LogP contribution in [0.15, 0.2) is 18.2 Å². The number of hydrogen-bond donors (Lipinski definition) is 1. The van der Waals surface area contributed by atoms with Gasteiger partial charge in [0.2, 0.25) is 0 Å². The summed E-state index contributed by atoms with van der Waals surface area (Å²) in [5, 5.41) is 3.59. The molecule has 2 atom stereocenters. The zero-order valence-corrected chi connectivity index (χ0v) is 14.3. The third-order valence-corrected chi connectivity index (χ3v) is 5.04. The van der Waals surface area contributed by atoms with Gasteiger partial charge in [-0.15, -0.1) is 0 Å². The molecule has 0 saturated heterocycles. The third-order valence-electron chi connectivity index (χ3n) is 5.04. The van der Waals surface area contributed by atoms with Crippen molar-refractivity contribution in [2.75, 3.05) is 13.6 Å². The van der Waals surface area contributed by atoms with Gasteiger partial charge in [0.25, 0.3) is 0 Å². The number of nitrogens with zero attached hydrogens (tertiary/aromatic N) is 2. The lowest BCUT2D eigenvalue weighted by Crippen LogP contribution is -2.57. The fraction of sp³-hybridized carbons (Fsp3) is 0.722. The van der Waals surface area contributed by atoms with Crippen molar-refractivity contribution in [3.63, 3.8) is 0 Å². The molecule has 1 aliphatic carbocycles. The number of likely N-dealkylation sites (N-methyl/N-ethyl adjacent to an activating group) is 2. The normalized spacial score (nSPS) is 25.2. The minimum Gasteiger partial charge on any atom is -0.315 e. The fourth-order valence-corrected chi connectivity index (χ4v) is 3.95. The molecule has 118 valence electrons. The first-order valence-corrected chi connectivity index (χ1v) is 8.32. The molecule has 3 heteroatoms. The molecule has 2 rings (SSSR count). The summed E-state index contributed by atoms with van der Waals surface area (Å²) < 4.78 is 0. The predicted molar refractivity (Wildman–Crippen MR) is 89.3 cm³/mol. The van der Waals surface area contributed by atoms with Gasteiger partial charge in [0.15, 0.2) is 0 Å². The van der Waals surface area contributed by atoms with E-state index in [0.717, 1.165) is 18.8 Å². The lowest BCUT2D eigenvalue weighted by atomic mass is 9.70. The predicted octanol–water partition coefficient (Wildman–Crippen LogP) is 3.38. The Bertz CT molecular complexity index is 456. The second-order valence-electron chi connectivity index (χ2n) is 7.05. The second kappa shape index (κ2) is 6.89. The van der Waals surface area contributed by atoms with E-state index in [0.29, 0.717) is 17.5 Å². The number of aromatic nitrogens is 1. The minimum atomic E-state index is 0.366. The lowest BCUT2D eigenvalue weighted by Gasteiger charge is -2.48. The van der Waals surface area contributed by atoms with E-state index in [9.17, 15) is 0 Å². The molecule has 21 heavy (non-hydrogen) atoms. The Labute approximate surface area is 130 Å². The molecule has 0 bridgehead atoms. The second-order valence-corrected chi connectivity index (χ2v) is 7.05. The van der Waals surface area contributed by atoms with Gasteiger partial charge < -0.3 is 5.32 Å². The molecular formula is C18H31N3. The number of hydrogen-bond acceptors (Lipinski definition) is 3. The van der Waals surface area contributed by atoms with Gasteiger partial charge in [-0.1, -0.05) is 33.3 Å². The highest BCUT2D eigenvalue weighted by Crippen LogP contribution is 2.37. The largest absolute Gasteiger partial charge is 0.315 e. The Balaban J connectivity index is 2.15. The van der Waals surface area contributed by atoms with E-state index in [-0.39, 0.29) is 0 Å². The van der Waals surface area contributed by atoms with Crippen LogP contribution in [0.5, 0.6) is 0 Å². The van der Waals surface area contributed by atoms with Gasteiger partial charge in [0, 0.05) is 24.3 Å². The lowest BCUT2D eigenvalue weighted by molar-refractivity contribution is 0.0498. The summed E-state index contributed by atoms with van der Waals surface area (Å²) in [6.45, 7) is 11.2. The molecular weight excluding hydrogens is 258 g/mol. The van der Waals surface area contributed by atoms with Crippen molar-refractivity contribution in [3.8, 4) is 0 Å². The van der Waals surface area contributed by atoms with Crippen molar-refractivity contribution < 1.29 is 0 Å². The molecule has 3 nitrogen and oxygen atoms in total. The van der Waals surface area contributed by atoms with Crippen LogP contribution in [0.25, 0.3) is 0 Å². The Morgan fingerprint density at radius 1 is 1.38 bits per heavy atom. The average molecular weight is 289 g/mol. The van der Waals surface area contributed by atoms with Gasteiger partial charge >= 0.3 is 0 Å². The molecule has 1 aromatic rings. The summed E-state index contributed by atoms with van der Waals surface area (Å²) in [4.78, 5) is 7.28. The van der Waals surface area contributed by atoms with E-state index in [1.165, 1.54) is 25.0 Å². The van der Waals surface area contributed by atoms with Crippen LogP contribution in [0.1, 0.15) is 51.4 Å². The summed E-state index contributed by atoms with van der Waals surface area (Å²) in [6, 6.07) is 7.49. The van der Waals surface area contributed by atoms with E-state index < -0.39 is 0 Å². The van der Waals surface area contributed by atoms with Crippen molar-refractivity contribution in [2.24, 2.45) is 5.41 Å². The van der Waals surface area contributed by atoms with Gasteiger partial charge in [-0.05, 0) is 50.9 Å². The highest BCUT2D eigenvalue weighted by molar-refractivity contribution is 5.10. The maximum atomic E-state index is 4.68. The van der Waals surface area contributed by atoms with Crippen molar-refractivity contribution >= 4 is 0 Å². The van der Waals surface area contributed by atoms with Gasteiger partial charge in [-0.2, -0.15) is 0 Å². The van der Waals surface area contributed by atoms with Gasteiger partial charge in [0.1, 0.15) is 0 Å². The van der Waals surface area contributed by atoms with Crippen LogP contribution < -0.4 is 5.32 Å². The van der Waals surface area contributed by atoms with Crippen LogP contribution >= 0.6 is 0 Å². The van der Waals surface area contributed by atoms with E-state index >= 15 is 0 Å². The molecule has 2 unspecified atom stereocenters. The molecule has 0 aromatic carbocycles. The smallest absolute Gasteiger partial charge is 0.0547 e. The molecule has 0 spiro atoms. The van der Waals surface area contributed by atoms with Crippen LogP contribution in [0.2, 0.25) is 0 Å². The van der Waals surface area contributed by atoms with Crippen molar-refractivity contribution in [2.45, 2.75) is 65.6 Å². The average Bonchev–Trinajstić information content (AvgIpc) is 2.43. The number of aryl methyl sites for hydroxylation is 1. The SMILES string of the molecule is CCN(Cc1cccc(C)n1)C1CCCC(C)(C)C1NC. The monoisotopic (exact) mass is 289 g/mol. The number of rotatable bonds is 5. The van der Waals surface area contributed by atoms with Gasteiger partial charge in [0.05, 0.1) is 5.69 Å². The molecule has 1 aromatic heterocycles. The van der Waals surface area contributed by atoms with Crippen LogP contribution in [-0.2, 0) is 6.54 Å². The maximum Gasteiger partial charge on any atom is 0.0547 e. The van der Waals surface area contributed by atoms with Crippen LogP contribution in [-0.4, -0.2) is 35.6 Å². The Hall–Kier alpha value is -0.930. The molecule has 1 N–H and O–H groups in total. The highest BCUT2D eigenvalue weighted by Gasteiger charge is 2.40. The Morgan fingerprint density at radius 3 is 2.76 bits per heavy atom. The zero-order valence-electron chi connectivity index (χ0n) is 14.3. The first-order chi connectivity index (χ1) is 9.97. The van der Waals surface area contributed by atoms with Crippen LogP contribution in [0.4, 0.5) is 0 Å². The first kappa shape index (κ1) is 16.4. The topological polar surface area (TPSA) is 28.2 Å². The fourth-order valence-electron chi connectivity index (χ4n) is 3.95. The van der Waals surface area contributed by atoms with E-state index in [4.69, 9.17) is 0 Å². The van der Waals surface area contributed by atoms with Crippen LogP contribution in [0.3, 0.4) is 0 Å². The van der Waals surface area contributed by atoms with Gasteiger partial charge in [-0.3, -0.25) is 9.88 Å². The van der Waals surface area contributed by atoms with Crippen LogP contribution in [0, 0.1) is 12.3 Å². The van der Waals surface area contributed by atoms with Crippen molar-refractivity contribution in [1.82, 2.24) is 15.2 Å². The molecule has 0 radical (unpaired) electrons. The quantitative estimate of drug-likeness (QED) is 0.900. The summed E-state index contributed by atoms with van der Waals surface area (Å²) in [6.07, 6.45) is 3.93. The summed E-state index contributed by atoms with van der Waals surface area (Å²) in [5.41, 5.74) is 2.67. The molecule has 1 fully saturated rings. The molecule has 0 aliphatic heterocycles. The first-order valence-electron chi connectivity index (χ1n) is 8.32. The number of pyridine rings is 1. The van der Waals surface area contributed by atoms with E-state index in [1.807, 2.05) is 0 Å². The summed E-state index contributed by atoms with van der Waals surface area (Å²) in [7, 11) is 2.11. The Kier molecular flexibility index (Phi) is 5.39. The summed E-state index contributed by atoms with van der Waals surface area (Å²) in [5.74, 6) is 0. The standard InChI is InChI=1S/C18H31N3/c1-6-21(13-15-10-7-9-14(2)20-15)16-11-8-12-18(3,4)17(16)19-5/h7,9-10,16-17,19H,6,8,11-13H2,1-5H3. The third kappa shape index (κ3) is 3.83. The maximum absolute atomic E-state index is 4.68. The molecule has 1 aliphatic rings. The summed E-state index contributed by atoms with van der Waals surface area (Å²) >= 11 is 0. The van der Waals surface area contributed by atoms with E-state index in [2.05, 4.69) is 68.1 Å². The zero-order chi connectivity index (χ0) is 15.5. The molecule has 1 heterocycles. The molecule has 0 amide bonds. The highest BCUT2D eigenvalue weighted by atomic mass is 15.2. The Morgan fingerprint density at radius 2 is 2.14 bits per heavy atom. The molecule has 1 saturated carbocycles. The van der Waals surface area contributed by atoms with Crippen molar-refractivity contribution in [3.05, 3.63) is 29.6 Å². The van der Waals surface area contributed by atoms with Crippen molar-refractivity contribution in [1.29, 1.82) is 0 Å². The van der Waals surface area contributed by atoms with E-state index in [1.54, 1.807) is 0 Å². The number of nitrogens with one attached hydrogen (secondary N) is 1. The minimum absolute atomic E-state index is 0.366.